The van der Waals surface area contributed by atoms with Crippen molar-refractivity contribution in [1.82, 2.24) is 0 Å². The topological polar surface area (TPSA) is 34.0 Å². The SMILES string of the molecule is C=CO/N=C\N=C. The molecule has 3 heteroatoms. The molecule has 0 spiro atoms. The van der Waals surface area contributed by atoms with E-state index in [2.05, 4.69) is 28.3 Å². The van der Waals surface area contributed by atoms with E-state index < -0.39 is 0 Å². The summed E-state index contributed by atoms with van der Waals surface area (Å²) in [5, 5.41) is 3.24. The monoisotopic (exact) mass is 98.0 g/mol. The van der Waals surface area contributed by atoms with Crippen LogP contribution in [-0.4, -0.2) is 13.1 Å². The van der Waals surface area contributed by atoms with E-state index in [1.165, 1.54) is 12.6 Å². The second-order valence-electron chi connectivity index (χ2n) is 0.676. The Labute approximate surface area is 42.0 Å². The van der Waals surface area contributed by atoms with E-state index in [4.69, 9.17) is 0 Å². The lowest BCUT2D eigenvalue weighted by Crippen LogP contribution is -1.64. The van der Waals surface area contributed by atoms with Crippen LogP contribution >= 0.6 is 0 Å². The minimum absolute atomic E-state index is 1.18. The van der Waals surface area contributed by atoms with Crippen molar-refractivity contribution in [3.8, 4) is 0 Å². The molecular weight excluding hydrogens is 92.1 g/mol. The predicted molar refractivity (Wildman–Crippen MR) is 29.3 cm³/mol. The van der Waals surface area contributed by atoms with Crippen molar-refractivity contribution in [3.63, 3.8) is 0 Å². The van der Waals surface area contributed by atoms with E-state index >= 15 is 0 Å². The van der Waals surface area contributed by atoms with E-state index in [0.29, 0.717) is 0 Å². The van der Waals surface area contributed by atoms with Gasteiger partial charge in [0, 0.05) is 0 Å². The van der Waals surface area contributed by atoms with Gasteiger partial charge in [-0.25, -0.2) is 4.99 Å². The Bertz CT molecular complexity index is 87.7. The van der Waals surface area contributed by atoms with Crippen molar-refractivity contribution >= 4 is 13.1 Å². The quantitative estimate of drug-likeness (QED) is 0.222. The molecule has 0 saturated carbocycles. The lowest BCUT2D eigenvalue weighted by molar-refractivity contribution is 0.271. The molecule has 0 fully saturated rings. The highest BCUT2D eigenvalue weighted by Crippen LogP contribution is 1.69. The van der Waals surface area contributed by atoms with E-state index in [-0.39, 0.29) is 0 Å². The van der Waals surface area contributed by atoms with Crippen LogP contribution in [0.5, 0.6) is 0 Å². The molecule has 7 heavy (non-hydrogen) atoms. The second kappa shape index (κ2) is 4.88. The third-order valence-electron chi connectivity index (χ3n) is 0.264. The molecule has 0 aromatic carbocycles. The Balaban J connectivity index is 3.08. The summed E-state index contributed by atoms with van der Waals surface area (Å²) in [5.74, 6) is 0. The molecule has 0 aliphatic heterocycles. The lowest BCUT2D eigenvalue weighted by Gasteiger charge is -1.78. The zero-order valence-corrected chi connectivity index (χ0v) is 3.87. The molecule has 0 amide bonds. The first kappa shape index (κ1) is 5.88. The van der Waals surface area contributed by atoms with Crippen molar-refractivity contribution in [1.29, 1.82) is 0 Å². The van der Waals surface area contributed by atoms with Gasteiger partial charge in [0.05, 0.1) is 0 Å². The van der Waals surface area contributed by atoms with Crippen LogP contribution in [0.25, 0.3) is 0 Å². The highest BCUT2D eigenvalue weighted by atomic mass is 16.6. The summed E-state index contributed by atoms with van der Waals surface area (Å²) >= 11 is 0. The van der Waals surface area contributed by atoms with Crippen molar-refractivity contribution in [3.05, 3.63) is 12.8 Å². The van der Waals surface area contributed by atoms with Crippen LogP contribution in [0.4, 0.5) is 0 Å². The van der Waals surface area contributed by atoms with Gasteiger partial charge in [-0.05, 0) is 6.72 Å². The largest absolute Gasteiger partial charge is 0.364 e. The molecule has 0 N–H and O–H groups in total. The van der Waals surface area contributed by atoms with Gasteiger partial charge in [0.25, 0.3) is 0 Å². The first-order valence-electron chi connectivity index (χ1n) is 1.66. The van der Waals surface area contributed by atoms with Crippen molar-refractivity contribution in [2.45, 2.75) is 0 Å². The lowest BCUT2D eigenvalue weighted by atomic mass is 11.2. The fourth-order valence-electron chi connectivity index (χ4n) is 0.104. The summed E-state index contributed by atoms with van der Waals surface area (Å²) in [6.07, 6.45) is 2.38. The Morgan fingerprint density at radius 1 is 1.57 bits per heavy atom. The number of oxime groups is 1. The molecule has 0 heterocycles. The highest BCUT2D eigenvalue weighted by molar-refractivity contribution is 5.61. The van der Waals surface area contributed by atoms with Crippen LogP contribution in [0.2, 0.25) is 0 Å². The molecule has 0 bridgehead atoms. The first-order valence-corrected chi connectivity index (χ1v) is 1.66. The summed E-state index contributed by atoms with van der Waals surface area (Å²) < 4.78 is 0. The number of nitrogens with zero attached hydrogens (tertiary/aromatic N) is 2. The molecule has 38 valence electrons. The molecule has 0 aliphatic rings. The molecule has 0 aliphatic carbocycles. The van der Waals surface area contributed by atoms with Crippen LogP contribution in [0.1, 0.15) is 0 Å². The summed E-state index contributed by atoms with van der Waals surface area (Å²) in [5.41, 5.74) is 0. The normalized spacial score (nSPS) is 8.57. The summed E-state index contributed by atoms with van der Waals surface area (Å²) in [6.45, 7) is 6.35. The van der Waals surface area contributed by atoms with Crippen LogP contribution < -0.4 is 0 Å². The minimum Gasteiger partial charge on any atom is -0.364 e. The Morgan fingerprint density at radius 3 is 2.71 bits per heavy atom. The first-order chi connectivity index (χ1) is 3.41. The second-order valence-corrected chi connectivity index (χ2v) is 0.676. The van der Waals surface area contributed by atoms with Crippen molar-refractivity contribution in [2.75, 3.05) is 0 Å². The number of rotatable bonds is 3. The molecule has 0 aromatic heterocycles. The fourth-order valence-corrected chi connectivity index (χ4v) is 0.104. The van der Waals surface area contributed by atoms with E-state index in [1.807, 2.05) is 0 Å². The van der Waals surface area contributed by atoms with Gasteiger partial charge in [-0.3, -0.25) is 0 Å². The highest BCUT2D eigenvalue weighted by Gasteiger charge is 1.57. The zero-order valence-electron chi connectivity index (χ0n) is 3.87. The third-order valence-corrected chi connectivity index (χ3v) is 0.264. The summed E-state index contributed by atoms with van der Waals surface area (Å²) in [7, 11) is 0. The maximum atomic E-state index is 4.27. The number of hydrogen-bond acceptors (Lipinski definition) is 2. The molecule has 0 aromatic rings. The predicted octanol–water partition coefficient (Wildman–Crippen LogP) is 0.790. The average molecular weight is 98.1 g/mol. The van der Waals surface area contributed by atoms with E-state index in [9.17, 15) is 0 Å². The van der Waals surface area contributed by atoms with Crippen LogP contribution in [-0.2, 0) is 4.84 Å². The molecule has 0 atom stereocenters. The van der Waals surface area contributed by atoms with Gasteiger partial charge in [0.15, 0.2) is 6.34 Å². The summed E-state index contributed by atoms with van der Waals surface area (Å²) in [6, 6.07) is 0. The van der Waals surface area contributed by atoms with E-state index in [0.717, 1.165) is 0 Å². The maximum absolute atomic E-state index is 4.27. The van der Waals surface area contributed by atoms with Crippen LogP contribution in [0, 0.1) is 0 Å². The average Bonchev–Trinajstić information content (AvgIpc) is 1.69. The summed E-state index contributed by atoms with van der Waals surface area (Å²) in [4.78, 5) is 7.53. The Hall–Kier alpha value is -1.12. The van der Waals surface area contributed by atoms with Gasteiger partial charge in [0.1, 0.15) is 6.26 Å². The van der Waals surface area contributed by atoms with Crippen molar-refractivity contribution in [2.24, 2.45) is 10.1 Å². The third kappa shape index (κ3) is 4.88. The molecular formula is C4H6N2O. The van der Waals surface area contributed by atoms with Gasteiger partial charge in [0.2, 0.25) is 0 Å². The van der Waals surface area contributed by atoms with Crippen LogP contribution in [0.15, 0.2) is 23.0 Å². The Kier molecular flexibility index (Phi) is 4.10. The molecule has 3 nitrogen and oxygen atoms in total. The van der Waals surface area contributed by atoms with E-state index in [1.54, 1.807) is 0 Å². The van der Waals surface area contributed by atoms with Gasteiger partial charge < -0.3 is 4.84 Å². The number of hydrogen-bond donors (Lipinski definition) is 0. The van der Waals surface area contributed by atoms with Crippen LogP contribution in [0.3, 0.4) is 0 Å². The number of aliphatic imine (C=N–C) groups is 1. The Morgan fingerprint density at radius 2 is 2.29 bits per heavy atom. The minimum atomic E-state index is 1.18. The maximum Gasteiger partial charge on any atom is 0.154 e. The molecule has 0 unspecified atom stereocenters. The zero-order chi connectivity index (χ0) is 5.54. The van der Waals surface area contributed by atoms with Gasteiger partial charge in [-0.15, -0.1) is 0 Å². The van der Waals surface area contributed by atoms with Gasteiger partial charge in [-0.1, -0.05) is 11.7 Å². The van der Waals surface area contributed by atoms with Crippen molar-refractivity contribution < 1.29 is 4.84 Å². The standard InChI is InChI=1S/C4H6N2O/c1-3-7-6-4-5-2/h3-4H,1-2H2/b6-4-. The fraction of sp³-hybridized carbons (Fsp3) is 0. The van der Waals surface area contributed by atoms with Gasteiger partial charge in [-0.2, -0.15) is 0 Å². The molecule has 0 rings (SSSR count). The molecule has 0 radical (unpaired) electrons. The molecule has 0 saturated heterocycles. The smallest absolute Gasteiger partial charge is 0.154 e. The van der Waals surface area contributed by atoms with Gasteiger partial charge >= 0.3 is 0 Å².